The second kappa shape index (κ2) is 5.19. The predicted molar refractivity (Wildman–Crippen MR) is 73.5 cm³/mol. The van der Waals surface area contributed by atoms with Gasteiger partial charge >= 0.3 is 0 Å². The summed E-state index contributed by atoms with van der Waals surface area (Å²) in [6.45, 7) is 3.01. The van der Waals surface area contributed by atoms with Gasteiger partial charge in [0.25, 0.3) is 0 Å². The Morgan fingerprint density at radius 3 is 2.89 bits per heavy atom. The molecule has 0 unspecified atom stereocenters. The van der Waals surface area contributed by atoms with E-state index in [4.69, 9.17) is 15.3 Å². The van der Waals surface area contributed by atoms with Crippen molar-refractivity contribution in [3.8, 4) is 0 Å². The molecule has 2 heterocycles. The molecule has 5 nitrogen and oxygen atoms in total. The first-order valence-corrected chi connectivity index (χ1v) is 6.73. The molecule has 5 heteroatoms. The molecule has 19 heavy (non-hydrogen) atoms. The van der Waals surface area contributed by atoms with Gasteiger partial charge in [0, 0.05) is 12.3 Å². The highest BCUT2D eigenvalue weighted by atomic mass is 16.3. The quantitative estimate of drug-likeness (QED) is 0.821. The van der Waals surface area contributed by atoms with Gasteiger partial charge in [-0.25, -0.2) is 4.98 Å². The highest BCUT2D eigenvalue weighted by Gasteiger charge is 2.20. The van der Waals surface area contributed by atoms with Crippen molar-refractivity contribution in [3.05, 3.63) is 24.1 Å². The van der Waals surface area contributed by atoms with Crippen molar-refractivity contribution in [3.63, 3.8) is 0 Å². The minimum absolute atomic E-state index is 0.302. The van der Waals surface area contributed by atoms with Gasteiger partial charge in [-0.05, 0) is 50.0 Å². The maximum atomic E-state index is 9.13. The molecule has 1 aliphatic heterocycles. The van der Waals surface area contributed by atoms with Crippen molar-refractivity contribution in [2.45, 2.75) is 19.4 Å². The number of aliphatic hydroxyl groups excluding tert-OH is 1. The number of likely N-dealkylation sites (tertiary alicyclic amines) is 1. The number of aliphatic hydroxyl groups is 1. The van der Waals surface area contributed by atoms with E-state index in [9.17, 15) is 0 Å². The molecule has 3 rings (SSSR count). The van der Waals surface area contributed by atoms with E-state index >= 15 is 0 Å². The van der Waals surface area contributed by atoms with Crippen LogP contribution in [0.25, 0.3) is 11.1 Å². The summed E-state index contributed by atoms with van der Waals surface area (Å²) in [6, 6.07) is 5.52. The molecule has 0 saturated carbocycles. The number of anilines is 1. The molecular weight excluding hydrogens is 242 g/mol. The lowest BCUT2D eigenvalue weighted by Gasteiger charge is -2.29. The summed E-state index contributed by atoms with van der Waals surface area (Å²) in [7, 11) is 0. The normalized spacial score (nSPS) is 18.2. The summed E-state index contributed by atoms with van der Waals surface area (Å²) in [5.74, 6) is 1.20. The molecule has 0 amide bonds. The van der Waals surface area contributed by atoms with E-state index in [1.165, 1.54) is 0 Å². The van der Waals surface area contributed by atoms with E-state index in [1.807, 2.05) is 18.2 Å². The number of piperidine rings is 1. The van der Waals surface area contributed by atoms with Gasteiger partial charge in [0.1, 0.15) is 5.52 Å². The number of benzene rings is 1. The number of nitrogens with zero attached hydrogens (tertiary/aromatic N) is 2. The standard InChI is InChI=1S/C14H19N3O2/c15-11-1-2-13-12(7-11)16-14(19-13)8-17-5-3-10(9-18)4-6-17/h1-2,7,10,18H,3-6,8-9,15H2. The molecule has 1 aromatic heterocycles. The van der Waals surface area contributed by atoms with Crippen molar-refractivity contribution in [2.24, 2.45) is 5.92 Å². The van der Waals surface area contributed by atoms with E-state index in [-0.39, 0.29) is 0 Å². The van der Waals surface area contributed by atoms with Crippen LogP contribution in [0.15, 0.2) is 22.6 Å². The van der Waals surface area contributed by atoms with E-state index in [0.29, 0.717) is 18.2 Å². The molecule has 1 aliphatic rings. The van der Waals surface area contributed by atoms with Crippen LogP contribution in [-0.2, 0) is 6.54 Å². The van der Waals surface area contributed by atoms with Gasteiger partial charge in [-0.1, -0.05) is 0 Å². The number of oxazole rings is 1. The van der Waals surface area contributed by atoms with Crippen LogP contribution in [0, 0.1) is 5.92 Å². The first-order chi connectivity index (χ1) is 9.24. The number of fused-ring (bicyclic) bond motifs is 1. The van der Waals surface area contributed by atoms with Gasteiger partial charge in [-0.2, -0.15) is 0 Å². The zero-order chi connectivity index (χ0) is 13.2. The van der Waals surface area contributed by atoms with Crippen LogP contribution < -0.4 is 5.73 Å². The molecule has 102 valence electrons. The summed E-state index contributed by atoms with van der Waals surface area (Å²) in [5.41, 5.74) is 8.04. The first kappa shape index (κ1) is 12.4. The molecule has 1 fully saturated rings. The minimum Gasteiger partial charge on any atom is -0.439 e. The number of aromatic nitrogens is 1. The van der Waals surface area contributed by atoms with Crippen LogP contribution in [-0.4, -0.2) is 34.7 Å². The van der Waals surface area contributed by atoms with Crippen molar-refractivity contribution in [1.82, 2.24) is 9.88 Å². The van der Waals surface area contributed by atoms with E-state index in [0.717, 1.165) is 49.5 Å². The molecule has 0 spiro atoms. The molecule has 1 saturated heterocycles. The number of nitrogens with two attached hydrogens (primary N) is 1. The fourth-order valence-corrected chi connectivity index (χ4v) is 2.58. The smallest absolute Gasteiger partial charge is 0.209 e. The zero-order valence-electron chi connectivity index (χ0n) is 10.9. The van der Waals surface area contributed by atoms with E-state index < -0.39 is 0 Å². The van der Waals surface area contributed by atoms with Crippen molar-refractivity contribution >= 4 is 16.8 Å². The Morgan fingerprint density at radius 2 is 2.16 bits per heavy atom. The van der Waals surface area contributed by atoms with Crippen molar-refractivity contribution < 1.29 is 9.52 Å². The van der Waals surface area contributed by atoms with Gasteiger partial charge in [-0.3, -0.25) is 4.90 Å². The Kier molecular flexibility index (Phi) is 3.40. The number of hydrogen-bond acceptors (Lipinski definition) is 5. The maximum Gasteiger partial charge on any atom is 0.209 e. The van der Waals surface area contributed by atoms with Crippen molar-refractivity contribution in [2.75, 3.05) is 25.4 Å². The Balaban J connectivity index is 1.68. The highest BCUT2D eigenvalue weighted by Crippen LogP contribution is 2.21. The van der Waals surface area contributed by atoms with Gasteiger partial charge in [0.15, 0.2) is 5.58 Å². The first-order valence-electron chi connectivity index (χ1n) is 6.73. The number of rotatable bonds is 3. The van der Waals surface area contributed by atoms with Gasteiger partial charge in [0.2, 0.25) is 5.89 Å². The monoisotopic (exact) mass is 261 g/mol. The van der Waals surface area contributed by atoms with Crippen molar-refractivity contribution in [1.29, 1.82) is 0 Å². The molecule has 0 aliphatic carbocycles. The van der Waals surface area contributed by atoms with Crippen LogP contribution in [0.1, 0.15) is 18.7 Å². The van der Waals surface area contributed by atoms with Gasteiger partial charge in [0.05, 0.1) is 6.54 Å². The third-order valence-electron chi connectivity index (χ3n) is 3.78. The maximum absolute atomic E-state index is 9.13. The largest absolute Gasteiger partial charge is 0.439 e. The summed E-state index contributed by atoms with van der Waals surface area (Å²) in [6.07, 6.45) is 2.09. The second-order valence-electron chi connectivity index (χ2n) is 5.24. The fraction of sp³-hybridized carbons (Fsp3) is 0.500. The van der Waals surface area contributed by atoms with Crippen LogP contribution in [0.4, 0.5) is 5.69 Å². The molecule has 0 bridgehead atoms. The number of hydrogen-bond donors (Lipinski definition) is 2. The second-order valence-corrected chi connectivity index (χ2v) is 5.24. The average Bonchev–Trinajstić information content (AvgIpc) is 2.81. The van der Waals surface area contributed by atoms with Crippen LogP contribution in [0.3, 0.4) is 0 Å². The zero-order valence-corrected chi connectivity index (χ0v) is 10.9. The molecule has 3 N–H and O–H groups in total. The summed E-state index contributed by atoms with van der Waals surface area (Å²) in [4.78, 5) is 6.79. The third-order valence-corrected chi connectivity index (χ3v) is 3.78. The minimum atomic E-state index is 0.302. The van der Waals surface area contributed by atoms with Gasteiger partial charge < -0.3 is 15.3 Å². The Hall–Kier alpha value is -1.59. The summed E-state index contributed by atoms with van der Waals surface area (Å²) >= 11 is 0. The number of nitrogen functional groups attached to an aromatic ring is 1. The SMILES string of the molecule is Nc1ccc2oc(CN3CCC(CO)CC3)nc2c1. The molecule has 0 atom stereocenters. The highest BCUT2D eigenvalue weighted by molar-refractivity contribution is 5.76. The van der Waals surface area contributed by atoms with E-state index in [1.54, 1.807) is 0 Å². The average molecular weight is 261 g/mol. The summed E-state index contributed by atoms with van der Waals surface area (Å²) in [5, 5.41) is 9.13. The van der Waals surface area contributed by atoms with Crippen LogP contribution in [0.5, 0.6) is 0 Å². The lowest BCUT2D eigenvalue weighted by atomic mass is 9.98. The Labute approximate surface area is 112 Å². The molecular formula is C14H19N3O2. The van der Waals surface area contributed by atoms with Gasteiger partial charge in [-0.15, -0.1) is 0 Å². The molecule has 2 aromatic rings. The summed E-state index contributed by atoms with van der Waals surface area (Å²) < 4.78 is 5.72. The predicted octanol–water partition coefficient (Wildman–Crippen LogP) is 1.61. The molecule has 0 radical (unpaired) electrons. The molecule has 1 aromatic carbocycles. The topological polar surface area (TPSA) is 75.5 Å². The van der Waals surface area contributed by atoms with Crippen LogP contribution >= 0.6 is 0 Å². The van der Waals surface area contributed by atoms with E-state index in [2.05, 4.69) is 9.88 Å². The van der Waals surface area contributed by atoms with Crippen LogP contribution in [0.2, 0.25) is 0 Å². The Bertz CT molecular complexity index is 559. The lowest BCUT2D eigenvalue weighted by molar-refractivity contribution is 0.121. The fourth-order valence-electron chi connectivity index (χ4n) is 2.58. The third kappa shape index (κ3) is 2.72. The Morgan fingerprint density at radius 1 is 1.37 bits per heavy atom. The lowest BCUT2D eigenvalue weighted by Crippen LogP contribution is -2.34.